The van der Waals surface area contributed by atoms with Gasteiger partial charge >= 0.3 is 0 Å². The minimum Gasteiger partial charge on any atom is -0.372 e. The van der Waals surface area contributed by atoms with Crippen LogP contribution in [0.1, 0.15) is 31.9 Å². The zero-order valence-corrected chi connectivity index (χ0v) is 18.0. The highest BCUT2D eigenvalue weighted by atomic mass is 15.3. The Morgan fingerprint density at radius 3 is 2.34 bits per heavy atom. The third kappa shape index (κ3) is 4.83. The van der Waals surface area contributed by atoms with E-state index >= 15 is 0 Å². The van der Waals surface area contributed by atoms with Crippen LogP contribution in [-0.2, 0) is 0 Å². The van der Waals surface area contributed by atoms with Crippen molar-refractivity contribution in [3.8, 4) is 0 Å². The van der Waals surface area contributed by atoms with E-state index in [0.29, 0.717) is 5.95 Å². The normalized spacial score (nSPS) is 10.7. The fraction of sp³-hybridized carbons (Fsp3) is 0.348. The molecule has 3 aromatic rings. The molecule has 0 saturated carbocycles. The second kappa shape index (κ2) is 9.37. The first-order valence-corrected chi connectivity index (χ1v) is 10.2. The predicted octanol–water partition coefficient (Wildman–Crippen LogP) is 5.24. The van der Waals surface area contributed by atoms with E-state index in [-0.39, 0.29) is 0 Å². The maximum atomic E-state index is 4.71. The Labute approximate surface area is 173 Å². The second-order valence-corrected chi connectivity index (χ2v) is 7.02. The van der Waals surface area contributed by atoms with Crippen LogP contribution in [-0.4, -0.2) is 34.8 Å². The maximum Gasteiger partial charge on any atom is 0.249 e. The smallest absolute Gasteiger partial charge is 0.249 e. The largest absolute Gasteiger partial charge is 0.372 e. The Bertz CT molecular complexity index is 952. The van der Waals surface area contributed by atoms with Gasteiger partial charge in [0.25, 0.3) is 0 Å². The van der Waals surface area contributed by atoms with E-state index in [1.54, 1.807) is 6.20 Å². The summed E-state index contributed by atoms with van der Waals surface area (Å²) >= 11 is 0. The molecule has 0 spiro atoms. The predicted molar refractivity (Wildman–Crippen MR) is 122 cm³/mol. The van der Waals surface area contributed by atoms with Crippen LogP contribution in [0.3, 0.4) is 0 Å². The maximum absolute atomic E-state index is 4.71. The molecule has 0 fully saturated rings. The lowest BCUT2D eigenvalue weighted by Gasteiger charge is -2.23. The minimum atomic E-state index is 0.493. The van der Waals surface area contributed by atoms with Crippen molar-refractivity contribution in [3.63, 3.8) is 0 Å². The van der Waals surface area contributed by atoms with Crippen molar-refractivity contribution in [1.82, 2.24) is 15.2 Å². The van der Waals surface area contributed by atoms with E-state index in [2.05, 4.69) is 102 Å². The summed E-state index contributed by atoms with van der Waals surface area (Å²) in [6.45, 7) is 13.4. The van der Waals surface area contributed by atoms with E-state index in [1.165, 1.54) is 11.3 Å². The average Bonchev–Trinajstić information content (AvgIpc) is 2.72. The van der Waals surface area contributed by atoms with Crippen LogP contribution >= 0.6 is 0 Å². The van der Waals surface area contributed by atoms with Gasteiger partial charge in [-0.05, 0) is 76.1 Å². The lowest BCUT2D eigenvalue weighted by atomic mass is 10.1. The SMILES string of the molecule is CCN(CC)c1ccc(Nc2nncc(N(CC)c3cccc(C)c3)n2)c(C)c1. The first-order valence-electron chi connectivity index (χ1n) is 10.2. The fourth-order valence-electron chi connectivity index (χ4n) is 3.44. The Balaban J connectivity index is 1.84. The van der Waals surface area contributed by atoms with Gasteiger partial charge in [-0.2, -0.15) is 10.1 Å². The van der Waals surface area contributed by atoms with Gasteiger partial charge in [-0.15, -0.1) is 5.10 Å². The van der Waals surface area contributed by atoms with Gasteiger partial charge in [0.1, 0.15) is 0 Å². The Morgan fingerprint density at radius 1 is 0.897 bits per heavy atom. The molecule has 1 N–H and O–H groups in total. The summed E-state index contributed by atoms with van der Waals surface area (Å²) in [5.41, 5.74) is 5.67. The highest BCUT2D eigenvalue weighted by molar-refractivity contribution is 5.65. The highest BCUT2D eigenvalue weighted by Crippen LogP contribution is 2.27. The van der Waals surface area contributed by atoms with Gasteiger partial charge in [0, 0.05) is 36.7 Å². The van der Waals surface area contributed by atoms with Crippen molar-refractivity contribution in [3.05, 3.63) is 59.8 Å². The number of anilines is 5. The number of aromatic nitrogens is 3. The zero-order chi connectivity index (χ0) is 20.8. The van der Waals surface area contributed by atoms with Crippen molar-refractivity contribution < 1.29 is 0 Å². The molecule has 0 aliphatic heterocycles. The average molecular weight is 391 g/mol. The summed E-state index contributed by atoms with van der Waals surface area (Å²) in [6, 6.07) is 14.8. The summed E-state index contributed by atoms with van der Waals surface area (Å²) in [5, 5.41) is 11.7. The fourth-order valence-corrected chi connectivity index (χ4v) is 3.44. The minimum absolute atomic E-state index is 0.493. The quantitative estimate of drug-likeness (QED) is 0.568. The summed E-state index contributed by atoms with van der Waals surface area (Å²) in [6.07, 6.45) is 1.70. The molecule has 0 bridgehead atoms. The molecule has 0 aliphatic carbocycles. The Hall–Kier alpha value is -3.15. The van der Waals surface area contributed by atoms with Crippen molar-refractivity contribution in [2.45, 2.75) is 34.6 Å². The standard InChI is InChI=1S/C23H30N6/c1-6-28(7-2)19-12-13-21(18(5)15-19)25-23-26-22(16-24-27-23)29(8-3)20-11-9-10-17(4)14-20/h9-16H,6-8H2,1-5H3,(H,25,26,27). The van der Waals surface area contributed by atoms with Gasteiger partial charge in [0.05, 0.1) is 6.20 Å². The van der Waals surface area contributed by atoms with E-state index < -0.39 is 0 Å². The summed E-state index contributed by atoms with van der Waals surface area (Å²) in [4.78, 5) is 9.16. The molecular formula is C23H30N6. The zero-order valence-electron chi connectivity index (χ0n) is 18.0. The van der Waals surface area contributed by atoms with Gasteiger partial charge in [-0.1, -0.05) is 12.1 Å². The van der Waals surface area contributed by atoms with Crippen molar-refractivity contribution in [2.24, 2.45) is 0 Å². The number of hydrogen-bond acceptors (Lipinski definition) is 6. The number of benzene rings is 2. The van der Waals surface area contributed by atoms with Crippen molar-refractivity contribution in [1.29, 1.82) is 0 Å². The molecule has 3 rings (SSSR count). The molecule has 152 valence electrons. The molecule has 6 heteroatoms. The van der Waals surface area contributed by atoms with Crippen LogP contribution < -0.4 is 15.1 Å². The van der Waals surface area contributed by atoms with Gasteiger partial charge < -0.3 is 15.1 Å². The third-order valence-electron chi connectivity index (χ3n) is 5.04. The van der Waals surface area contributed by atoms with E-state index in [1.807, 2.05) is 0 Å². The molecule has 0 atom stereocenters. The number of aryl methyl sites for hydroxylation is 2. The lowest BCUT2D eigenvalue weighted by molar-refractivity contribution is 0.865. The summed E-state index contributed by atoms with van der Waals surface area (Å²) < 4.78 is 0. The van der Waals surface area contributed by atoms with E-state index in [0.717, 1.165) is 42.4 Å². The molecule has 1 heterocycles. The summed E-state index contributed by atoms with van der Waals surface area (Å²) in [5.74, 6) is 1.26. The Morgan fingerprint density at radius 2 is 1.69 bits per heavy atom. The van der Waals surface area contributed by atoms with Crippen LogP contribution in [0.15, 0.2) is 48.7 Å². The topological polar surface area (TPSA) is 57.2 Å². The van der Waals surface area contributed by atoms with Gasteiger partial charge in [0.2, 0.25) is 5.95 Å². The van der Waals surface area contributed by atoms with Gasteiger partial charge in [-0.25, -0.2) is 0 Å². The first-order chi connectivity index (χ1) is 14.0. The molecule has 6 nitrogen and oxygen atoms in total. The van der Waals surface area contributed by atoms with Crippen LogP contribution in [0.4, 0.5) is 28.8 Å². The lowest BCUT2D eigenvalue weighted by Crippen LogP contribution is -2.21. The van der Waals surface area contributed by atoms with Crippen LogP contribution in [0, 0.1) is 13.8 Å². The molecule has 0 radical (unpaired) electrons. The molecule has 1 aromatic heterocycles. The van der Waals surface area contributed by atoms with E-state index in [9.17, 15) is 0 Å². The highest BCUT2D eigenvalue weighted by Gasteiger charge is 2.12. The van der Waals surface area contributed by atoms with Crippen LogP contribution in [0.5, 0.6) is 0 Å². The van der Waals surface area contributed by atoms with Crippen molar-refractivity contribution in [2.75, 3.05) is 34.8 Å². The number of nitrogens with one attached hydrogen (secondary N) is 1. The van der Waals surface area contributed by atoms with E-state index in [4.69, 9.17) is 4.98 Å². The van der Waals surface area contributed by atoms with Crippen molar-refractivity contribution >= 4 is 28.8 Å². The molecule has 29 heavy (non-hydrogen) atoms. The molecule has 0 aliphatic rings. The molecule has 0 unspecified atom stereocenters. The van der Waals surface area contributed by atoms with Gasteiger partial charge in [-0.3, -0.25) is 0 Å². The number of nitrogens with zero attached hydrogens (tertiary/aromatic N) is 5. The van der Waals surface area contributed by atoms with Gasteiger partial charge in [0.15, 0.2) is 5.82 Å². The third-order valence-corrected chi connectivity index (χ3v) is 5.04. The molecule has 0 saturated heterocycles. The monoisotopic (exact) mass is 390 g/mol. The van der Waals surface area contributed by atoms with Crippen LogP contribution in [0.2, 0.25) is 0 Å². The first kappa shape index (κ1) is 20.6. The Kier molecular flexibility index (Phi) is 6.65. The number of rotatable bonds is 8. The number of hydrogen-bond donors (Lipinski definition) is 1. The molecule has 0 amide bonds. The van der Waals surface area contributed by atoms with Crippen LogP contribution in [0.25, 0.3) is 0 Å². The molecular weight excluding hydrogens is 360 g/mol. The molecule has 2 aromatic carbocycles. The second-order valence-electron chi connectivity index (χ2n) is 7.02. The summed E-state index contributed by atoms with van der Waals surface area (Å²) in [7, 11) is 0.